The number of Topliss-reactive ketones (excluding diaryl/α,β-unsaturated/α-hetero) is 1. The van der Waals surface area contributed by atoms with Crippen molar-refractivity contribution in [2.45, 2.75) is 25.2 Å². The highest BCUT2D eigenvalue weighted by atomic mass is 32.1. The van der Waals surface area contributed by atoms with Crippen LogP contribution in [0, 0.1) is 5.92 Å². The predicted octanol–water partition coefficient (Wildman–Crippen LogP) is 4.79. The van der Waals surface area contributed by atoms with Crippen LogP contribution < -0.4 is 5.48 Å². The van der Waals surface area contributed by atoms with Gasteiger partial charge in [0.25, 0.3) is 5.91 Å². The lowest BCUT2D eigenvalue weighted by molar-refractivity contribution is 0.0706. The molecule has 4 nitrogen and oxygen atoms in total. The Balaban J connectivity index is 1.55. The topological polar surface area (TPSA) is 66.4 Å². The third-order valence-corrected chi connectivity index (χ3v) is 6.16. The Morgan fingerprint density at radius 3 is 2.50 bits per heavy atom. The summed E-state index contributed by atoms with van der Waals surface area (Å²) < 4.78 is 1.14. The Bertz CT molecular complexity index is 924. The number of fused-ring (bicyclic) bond motifs is 1. The fraction of sp³-hybridized carbons (Fsp3) is 0.238. The van der Waals surface area contributed by atoms with E-state index in [1.54, 1.807) is 28.9 Å². The van der Waals surface area contributed by atoms with Crippen LogP contribution in [0.2, 0.25) is 0 Å². The van der Waals surface area contributed by atoms with Crippen LogP contribution in [0.5, 0.6) is 0 Å². The SMILES string of the molecule is O=C(NO)c1ccc([C@@H](CC(=O)c2cc3ccccc3s2)C2CC2)cc1. The Labute approximate surface area is 155 Å². The predicted molar refractivity (Wildman–Crippen MR) is 102 cm³/mol. The maximum Gasteiger partial charge on any atom is 0.274 e. The Kier molecular flexibility index (Phi) is 4.57. The largest absolute Gasteiger partial charge is 0.293 e. The van der Waals surface area contributed by atoms with Crippen molar-refractivity contribution in [3.05, 3.63) is 70.6 Å². The Morgan fingerprint density at radius 1 is 1.12 bits per heavy atom. The molecule has 0 bridgehead atoms. The van der Waals surface area contributed by atoms with Gasteiger partial charge in [0.2, 0.25) is 0 Å². The first-order chi connectivity index (χ1) is 12.7. The summed E-state index contributed by atoms with van der Waals surface area (Å²) in [4.78, 5) is 25.2. The second-order valence-electron chi connectivity index (χ2n) is 6.78. The van der Waals surface area contributed by atoms with Gasteiger partial charge in [-0.2, -0.15) is 0 Å². The lowest BCUT2D eigenvalue weighted by Gasteiger charge is -2.16. The summed E-state index contributed by atoms with van der Waals surface area (Å²) in [5.74, 6) is 0.367. The second kappa shape index (κ2) is 7.02. The molecule has 132 valence electrons. The van der Waals surface area contributed by atoms with Gasteiger partial charge in [-0.15, -0.1) is 11.3 Å². The molecule has 0 radical (unpaired) electrons. The zero-order chi connectivity index (χ0) is 18.1. The minimum Gasteiger partial charge on any atom is -0.293 e. The summed E-state index contributed by atoms with van der Waals surface area (Å²) in [7, 11) is 0. The molecular weight excluding hydrogens is 346 g/mol. The van der Waals surface area contributed by atoms with Crippen LogP contribution in [0.4, 0.5) is 0 Å². The van der Waals surface area contributed by atoms with Crippen LogP contribution in [0.1, 0.15) is 50.8 Å². The molecule has 1 aliphatic carbocycles. The molecule has 2 N–H and O–H groups in total. The molecule has 2 aromatic carbocycles. The minimum atomic E-state index is -0.527. The third kappa shape index (κ3) is 3.41. The van der Waals surface area contributed by atoms with Gasteiger partial charge in [-0.1, -0.05) is 30.3 Å². The smallest absolute Gasteiger partial charge is 0.274 e. The van der Waals surface area contributed by atoms with Crippen LogP contribution >= 0.6 is 11.3 Å². The molecule has 0 spiro atoms. The van der Waals surface area contributed by atoms with E-state index in [1.807, 2.05) is 42.5 Å². The molecule has 3 aromatic rings. The van der Waals surface area contributed by atoms with Crippen LogP contribution in [0.15, 0.2) is 54.6 Å². The molecule has 1 fully saturated rings. The number of hydrogen-bond donors (Lipinski definition) is 2. The molecule has 1 aromatic heterocycles. The molecule has 1 heterocycles. The van der Waals surface area contributed by atoms with Gasteiger partial charge in [-0.25, -0.2) is 5.48 Å². The van der Waals surface area contributed by atoms with E-state index < -0.39 is 5.91 Å². The number of hydrogen-bond acceptors (Lipinski definition) is 4. The summed E-state index contributed by atoms with van der Waals surface area (Å²) in [6, 6.07) is 17.2. The molecule has 0 aliphatic heterocycles. The Morgan fingerprint density at radius 2 is 1.85 bits per heavy atom. The quantitative estimate of drug-likeness (QED) is 0.375. The third-order valence-electron chi connectivity index (χ3n) is 5.00. The molecule has 0 saturated heterocycles. The molecule has 1 aliphatic rings. The molecule has 26 heavy (non-hydrogen) atoms. The minimum absolute atomic E-state index is 0.180. The van der Waals surface area contributed by atoms with Crippen LogP contribution in [0.25, 0.3) is 10.1 Å². The van der Waals surface area contributed by atoms with E-state index in [0.717, 1.165) is 33.4 Å². The number of rotatable bonds is 6. The van der Waals surface area contributed by atoms with Gasteiger partial charge in [0.05, 0.1) is 4.88 Å². The van der Waals surface area contributed by atoms with Crippen molar-refractivity contribution in [3.8, 4) is 0 Å². The number of nitrogens with one attached hydrogen (secondary N) is 1. The van der Waals surface area contributed by atoms with E-state index in [-0.39, 0.29) is 11.7 Å². The number of benzene rings is 2. The van der Waals surface area contributed by atoms with Crippen molar-refractivity contribution in [1.29, 1.82) is 0 Å². The average Bonchev–Trinajstić information content (AvgIpc) is 3.42. The number of carbonyl (C=O) groups is 2. The van der Waals surface area contributed by atoms with E-state index >= 15 is 0 Å². The molecule has 4 rings (SSSR count). The lowest BCUT2D eigenvalue weighted by Crippen LogP contribution is -2.18. The van der Waals surface area contributed by atoms with Crippen LogP contribution in [-0.4, -0.2) is 16.9 Å². The van der Waals surface area contributed by atoms with Crippen molar-refractivity contribution < 1.29 is 14.8 Å². The maximum atomic E-state index is 12.9. The van der Waals surface area contributed by atoms with Crippen molar-refractivity contribution in [2.75, 3.05) is 0 Å². The standard InChI is InChI=1S/C21H19NO3S/c23-18(20-11-16-3-1-2-4-19(16)26-20)12-17(13-5-6-13)14-7-9-15(10-8-14)21(24)22-25/h1-4,7-11,13,17,25H,5-6,12H2,(H,22,24)/t17-/m0/s1. The van der Waals surface area contributed by atoms with Gasteiger partial charge in [0, 0.05) is 16.7 Å². The molecule has 1 amide bonds. The lowest BCUT2D eigenvalue weighted by atomic mass is 9.88. The highest BCUT2D eigenvalue weighted by molar-refractivity contribution is 7.20. The first-order valence-corrected chi connectivity index (χ1v) is 9.53. The summed E-state index contributed by atoms with van der Waals surface area (Å²) in [5, 5.41) is 9.84. The summed E-state index contributed by atoms with van der Waals surface area (Å²) in [6.45, 7) is 0. The van der Waals surface area contributed by atoms with Crippen LogP contribution in [0.3, 0.4) is 0 Å². The zero-order valence-electron chi connectivity index (χ0n) is 14.1. The van der Waals surface area contributed by atoms with Crippen molar-refractivity contribution in [3.63, 3.8) is 0 Å². The summed E-state index contributed by atoms with van der Waals surface area (Å²) >= 11 is 1.55. The first-order valence-electron chi connectivity index (χ1n) is 8.72. The fourth-order valence-electron chi connectivity index (χ4n) is 3.42. The van der Waals surface area contributed by atoms with Gasteiger partial charge >= 0.3 is 0 Å². The molecular formula is C21H19NO3S. The molecule has 5 heteroatoms. The summed E-state index contributed by atoms with van der Waals surface area (Å²) in [5.41, 5.74) is 3.12. The van der Waals surface area contributed by atoms with E-state index in [4.69, 9.17) is 5.21 Å². The van der Waals surface area contributed by atoms with E-state index in [0.29, 0.717) is 17.9 Å². The van der Waals surface area contributed by atoms with Crippen molar-refractivity contribution in [2.24, 2.45) is 5.92 Å². The van der Waals surface area contributed by atoms with Gasteiger partial charge in [0.15, 0.2) is 5.78 Å². The fourth-order valence-corrected chi connectivity index (χ4v) is 4.43. The number of hydroxylamine groups is 1. The molecule has 1 atom stereocenters. The number of ketones is 1. The number of amides is 1. The summed E-state index contributed by atoms with van der Waals surface area (Å²) in [6.07, 6.45) is 2.77. The monoisotopic (exact) mass is 365 g/mol. The van der Waals surface area contributed by atoms with Gasteiger partial charge in [-0.05, 0) is 59.9 Å². The van der Waals surface area contributed by atoms with E-state index in [9.17, 15) is 9.59 Å². The zero-order valence-corrected chi connectivity index (χ0v) is 15.0. The van der Waals surface area contributed by atoms with Crippen molar-refractivity contribution in [1.82, 2.24) is 5.48 Å². The van der Waals surface area contributed by atoms with Gasteiger partial charge in [0.1, 0.15) is 0 Å². The molecule has 1 saturated carbocycles. The van der Waals surface area contributed by atoms with E-state index in [2.05, 4.69) is 0 Å². The molecule has 0 unspecified atom stereocenters. The highest BCUT2D eigenvalue weighted by Crippen LogP contribution is 2.45. The average molecular weight is 365 g/mol. The normalized spacial score (nSPS) is 15.0. The van der Waals surface area contributed by atoms with Crippen LogP contribution in [-0.2, 0) is 0 Å². The second-order valence-corrected chi connectivity index (χ2v) is 7.87. The van der Waals surface area contributed by atoms with Crippen molar-refractivity contribution >= 4 is 33.1 Å². The van der Waals surface area contributed by atoms with Gasteiger partial charge in [-0.3, -0.25) is 14.8 Å². The maximum absolute atomic E-state index is 12.9. The highest BCUT2D eigenvalue weighted by Gasteiger charge is 2.34. The number of carbonyl (C=O) groups excluding carboxylic acids is 2. The number of thiophene rings is 1. The van der Waals surface area contributed by atoms with Gasteiger partial charge < -0.3 is 0 Å². The first kappa shape index (κ1) is 16.9. The Hall–Kier alpha value is -2.50. The van der Waals surface area contributed by atoms with E-state index in [1.165, 1.54) is 0 Å².